The van der Waals surface area contributed by atoms with Gasteiger partial charge in [0.25, 0.3) is 0 Å². The second kappa shape index (κ2) is 25.8. The number of nitrogens with two attached hydrogens (primary N) is 1. The molecule has 16 heteroatoms. The zero-order valence-corrected chi connectivity index (χ0v) is 26.8. The molecule has 0 saturated carbocycles. The molecule has 6 N–H and O–H groups in total. The predicted octanol–water partition coefficient (Wildman–Crippen LogP) is -0.222. The summed E-state index contributed by atoms with van der Waals surface area (Å²) in [4.78, 5) is 23.4. The standard InChI is InChI=1S/C27H51N5O9S2/c28-26(42)30-6-8-36-10-12-38-14-16-40-18-20-41-19-17-39-15-13-37-11-9-35-7-5-29-24(33)4-2-1-3-23-25-22(21-43-23)31-27(34)32-25/h22-23,25H,1-21H2,(H,29,33)(H3,28,30,42)(H2,31,32,34)/t22-,23?,25-/m1/s1. The van der Waals surface area contributed by atoms with Gasteiger partial charge >= 0.3 is 6.03 Å². The Bertz CT molecular complexity index is 760. The van der Waals surface area contributed by atoms with Gasteiger partial charge in [-0.1, -0.05) is 6.42 Å². The van der Waals surface area contributed by atoms with E-state index in [2.05, 4.69) is 21.3 Å². The summed E-state index contributed by atoms with van der Waals surface area (Å²) < 4.78 is 38.1. The van der Waals surface area contributed by atoms with Gasteiger partial charge in [-0.3, -0.25) is 4.79 Å². The quantitative estimate of drug-likeness (QED) is 0.0408. The van der Waals surface area contributed by atoms with Crippen molar-refractivity contribution in [1.29, 1.82) is 0 Å². The van der Waals surface area contributed by atoms with Gasteiger partial charge in [0.05, 0.1) is 105 Å². The van der Waals surface area contributed by atoms with E-state index in [9.17, 15) is 9.59 Å². The maximum atomic E-state index is 12.0. The van der Waals surface area contributed by atoms with Crippen molar-refractivity contribution >= 4 is 41.0 Å². The molecule has 2 aliphatic heterocycles. The molecule has 0 aromatic carbocycles. The van der Waals surface area contributed by atoms with Crippen molar-refractivity contribution in [2.24, 2.45) is 5.73 Å². The Morgan fingerprint density at radius 3 is 1.70 bits per heavy atom. The Hall–Kier alpha value is -1.50. The van der Waals surface area contributed by atoms with Gasteiger partial charge in [-0.15, -0.1) is 0 Å². The molecule has 2 heterocycles. The van der Waals surface area contributed by atoms with Gasteiger partial charge < -0.3 is 60.2 Å². The maximum Gasteiger partial charge on any atom is 0.315 e. The molecule has 3 atom stereocenters. The third kappa shape index (κ3) is 20.2. The number of thioether (sulfide) groups is 1. The van der Waals surface area contributed by atoms with Crippen LogP contribution in [0.5, 0.6) is 0 Å². The molecule has 0 aromatic heterocycles. The number of nitrogens with one attached hydrogen (secondary N) is 4. The number of carbonyl (C=O) groups is 2. The first-order valence-electron chi connectivity index (χ1n) is 15.1. The first-order valence-corrected chi connectivity index (χ1v) is 16.5. The molecular formula is C27H51N5O9S2. The highest BCUT2D eigenvalue weighted by molar-refractivity contribution is 8.00. The van der Waals surface area contributed by atoms with Crippen LogP contribution in [0, 0.1) is 0 Å². The average Bonchev–Trinajstić information content (AvgIpc) is 3.54. The van der Waals surface area contributed by atoms with Crippen LogP contribution >= 0.6 is 24.0 Å². The molecule has 3 amide bonds. The van der Waals surface area contributed by atoms with Gasteiger partial charge in [0.1, 0.15) is 0 Å². The highest BCUT2D eigenvalue weighted by atomic mass is 32.2. The summed E-state index contributed by atoms with van der Waals surface area (Å²) in [6.07, 6.45) is 3.35. The summed E-state index contributed by atoms with van der Waals surface area (Å²) in [5.41, 5.74) is 5.31. The van der Waals surface area contributed by atoms with E-state index in [0.29, 0.717) is 117 Å². The summed E-state index contributed by atoms with van der Waals surface area (Å²) in [5, 5.41) is 12.3. The fraction of sp³-hybridized carbons (Fsp3) is 0.889. The lowest BCUT2D eigenvalue weighted by Crippen LogP contribution is -2.36. The second-order valence-corrected chi connectivity index (χ2v) is 11.5. The van der Waals surface area contributed by atoms with E-state index in [1.807, 2.05) is 11.8 Å². The molecule has 250 valence electrons. The number of carbonyl (C=O) groups excluding carboxylic acids is 2. The third-order valence-electron chi connectivity index (χ3n) is 6.43. The van der Waals surface area contributed by atoms with Gasteiger partial charge in [0.15, 0.2) is 5.11 Å². The lowest BCUT2D eigenvalue weighted by atomic mass is 10.0. The first-order chi connectivity index (χ1) is 21.1. The zero-order chi connectivity index (χ0) is 30.8. The Morgan fingerprint density at radius 2 is 1.21 bits per heavy atom. The first kappa shape index (κ1) is 37.7. The summed E-state index contributed by atoms with van der Waals surface area (Å²) in [5.74, 6) is 1.01. The number of ether oxygens (including phenoxy) is 7. The molecule has 0 aromatic rings. The molecule has 2 rings (SSSR count). The zero-order valence-electron chi connectivity index (χ0n) is 25.1. The van der Waals surface area contributed by atoms with Crippen molar-refractivity contribution < 1.29 is 42.7 Å². The smallest absolute Gasteiger partial charge is 0.315 e. The fourth-order valence-corrected chi connectivity index (χ4v) is 5.94. The van der Waals surface area contributed by atoms with Crippen LogP contribution in [0.2, 0.25) is 0 Å². The lowest BCUT2D eigenvalue weighted by Gasteiger charge is -2.16. The molecule has 2 saturated heterocycles. The minimum atomic E-state index is -0.0594. The molecule has 1 unspecified atom stereocenters. The third-order valence-corrected chi connectivity index (χ3v) is 8.08. The minimum Gasteiger partial charge on any atom is -0.377 e. The van der Waals surface area contributed by atoms with E-state index < -0.39 is 0 Å². The van der Waals surface area contributed by atoms with Crippen LogP contribution in [0.3, 0.4) is 0 Å². The van der Waals surface area contributed by atoms with Crippen molar-refractivity contribution in [2.45, 2.75) is 43.0 Å². The van der Waals surface area contributed by atoms with Crippen LogP contribution < -0.4 is 27.0 Å². The van der Waals surface area contributed by atoms with Crippen molar-refractivity contribution in [3.05, 3.63) is 0 Å². The van der Waals surface area contributed by atoms with E-state index in [1.165, 1.54) is 0 Å². The molecular weight excluding hydrogens is 602 g/mol. The number of amides is 3. The molecule has 0 aliphatic carbocycles. The molecule has 0 spiro atoms. The molecule has 14 nitrogen and oxygen atoms in total. The number of hydrogen-bond acceptors (Lipinski definition) is 11. The number of fused-ring (bicyclic) bond motifs is 1. The normalized spacial score (nSPS) is 19.2. The number of thiocarbonyl (C=S) groups is 1. The van der Waals surface area contributed by atoms with Gasteiger partial charge in [-0.05, 0) is 25.1 Å². The van der Waals surface area contributed by atoms with Crippen molar-refractivity contribution in [3.63, 3.8) is 0 Å². The topological polar surface area (TPSA) is 173 Å². The molecule has 43 heavy (non-hydrogen) atoms. The SMILES string of the molecule is NC(=S)NCCOCCOCCOCCOCCOCCOCCOCCNC(=O)CCCCC1SC[C@H]2NC(=O)N[C@@H]12. The molecule has 0 radical (unpaired) electrons. The number of hydrogen-bond donors (Lipinski definition) is 5. The van der Waals surface area contributed by atoms with E-state index in [4.69, 9.17) is 51.1 Å². The van der Waals surface area contributed by atoms with Crippen LogP contribution in [-0.4, -0.2) is 146 Å². The van der Waals surface area contributed by atoms with Gasteiger partial charge in [-0.2, -0.15) is 11.8 Å². The monoisotopic (exact) mass is 653 g/mol. The summed E-state index contributed by atoms with van der Waals surface area (Å²) in [7, 11) is 0. The number of unbranched alkanes of at least 4 members (excludes halogenated alkanes) is 1. The van der Waals surface area contributed by atoms with Gasteiger partial charge in [0, 0.05) is 30.5 Å². The van der Waals surface area contributed by atoms with Crippen LogP contribution in [0.4, 0.5) is 4.79 Å². The second-order valence-electron chi connectivity index (χ2n) is 9.80. The van der Waals surface area contributed by atoms with Crippen LogP contribution in [-0.2, 0) is 38.0 Å². The van der Waals surface area contributed by atoms with Crippen molar-refractivity contribution in [3.8, 4) is 0 Å². The van der Waals surface area contributed by atoms with Gasteiger partial charge in [-0.25, -0.2) is 4.79 Å². The van der Waals surface area contributed by atoms with Gasteiger partial charge in [0.2, 0.25) is 5.91 Å². The summed E-state index contributed by atoms with van der Waals surface area (Å²) in [6, 6.07) is 0.415. The number of urea groups is 1. The largest absolute Gasteiger partial charge is 0.377 e. The minimum absolute atomic E-state index is 0.0449. The van der Waals surface area contributed by atoms with E-state index in [1.54, 1.807) is 0 Å². The molecule has 0 bridgehead atoms. The number of rotatable bonds is 29. The Balaban J connectivity index is 1.19. The summed E-state index contributed by atoms with van der Waals surface area (Å²) in [6.45, 7) is 7.96. The van der Waals surface area contributed by atoms with E-state index in [-0.39, 0.29) is 29.1 Å². The Labute approximate surface area is 264 Å². The highest BCUT2D eigenvalue weighted by Crippen LogP contribution is 2.33. The van der Waals surface area contributed by atoms with Crippen LogP contribution in [0.15, 0.2) is 0 Å². The Morgan fingerprint density at radius 1 is 0.744 bits per heavy atom. The van der Waals surface area contributed by atoms with Crippen molar-refractivity contribution in [2.75, 3.05) is 111 Å². The highest BCUT2D eigenvalue weighted by Gasteiger charge is 2.42. The van der Waals surface area contributed by atoms with Crippen LogP contribution in [0.25, 0.3) is 0 Å². The fourth-order valence-electron chi connectivity index (χ4n) is 4.29. The molecule has 2 fully saturated rings. The van der Waals surface area contributed by atoms with E-state index in [0.717, 1.165) is 25.0 Å². The lowest BCUT2D eigenvalue weighted by molar-refractivity contribution is -0.121. The van der Waals surface area contributed by atoms with Crippen LogP contribution in [0.1, 0.15) is 25.7 Å². The summed E-state index contributed by atoms with van der Waals surface area (Å²) >= 11 is 6.60. The average molecular weight is 654 g/mol. The van der Waals surface area contributed by atoms with Crippen molar-refractivity contribution in [1.82, 2.24) is 21.3 Å². The predicted molar refractivity (Wildman–Crippen MR) is 167 cm³/mol. The van der Waals surface area contributed by atoms with E-state index >= 15 is 0 Å². The molecule has 2 aliphatic rings. The maximum absolute atomic E-state index is 12.0. The Kier molecular flexibility index (Phi) is 22.6.